The smallest absolute Gasteiger partial charge is 0.191 e. The van der Waals surface area contributed by atoms with Crippen molar-refractivity contribution in [2.24, 2.45) is 5.10 Å². The number of hydrogen-bond acceptors (Lipinski definition) is 4. The average molecular weight is 329 g/mol. The number of phenols is 2. The molecule has 0 atom stereocenters. The van der Waals surface area contributed by atoms with Gasteiger partial charge < -0.3 is 15.5 Å². The molecule has 120 valence electrons. The van der Waals surface area contributed by atoms with Crippen molar-refractivity contribution in [3.63, 3.8) is 0 Å². The van der Waals surface area contributed by atoms with E-state index < -0.39 is 0 Å². The maximum absolute atomic E-state index is 9.65. The van der Waals surface area contributed by atoms with Crippen LogP contribution in [0.25, 0.3) is 0 Å². The third-order valence-corrected chi connectivity index (χ3v) is 3.44. The van der Waals surface area contributed by atoms with Gasteiger partial charge in [-0.05, 0) is 48.0 Å². The SMILES string of the molecule is CC(C)c1ccc(NC(=S)N/N=C/c2cccc(O)c2O)cc1. The minimum absolute atomic E-state index is 0.195. The minimum atomic E-state index is -0.221. The maximum Gasteiger partial charge on any atom is 0.191 e. The number of thiocarbonyl (C=S) groups is 1. The first kappa shape index (κ1) is 16.8. The second-order valence-electron chi connectivity index (χ2n) is 5.32. The topological polar surface area (TPSA) is 76.9 Å². The molecule has 0 saturated heterocycles. The van der Waals surface area contributed by atoms with E-state index in [1.807, 2.05) is 24.3 Å². The summed E-state index contributed by atoms with van der Waals surface area (Å²) in [6, 6.07) is 12.6. The molecular weight excluding hydrogens is 310 g/mol. The number of aromatic hydroxyl groups is 2. The van der Waals surface area contributed by atoms with Gasteiger partial charge in [-0.1, -0.05) is 32.0 Å². The highest BCUT2D eigenvalue weighted by Gasteiger charge is 2.03. The van der Waals surface area contributed by atoms with E-state index in [0.29, 0.717) is 16.6 Å². The van der Waals surface area contributed by atoms with Gasteiger partial charge in [-0.25, -0.2) is 0 Å². The fourth-order valence-corrected chi connectivity index (χ4v) is 2.09. The third-order valence-electron chi connectivity index (χ3n) is 3.25. The summed E-state index contributed by atoms with van der Waals surface area (Å²) in [5.74, 6) is 0.0646. The Balaban J connectivity index is 1.92. The van der Waals surface area contributed by atoms with Crippen LogP contribution in [0.2, 0.25) is 0 Å². The van der Waals surface area contributed by atoms with Gasteiger partial charge >= 0.3 is 0 Å². The Labute approximate surface area is 140 Å². The largest absolute Gasteiger partial charge is 0.504 e. The number of para-hydroxylation sites is 1. The molecule has 5 nitrogen and oxygen atoms in total. The number of hydrogen-bond donors (Lipinski definition) is 4. The maximum atomic E-state index is 9.65. The van der Waals surface area contributed by atoms with Gasteiger partial charge in [0.1, 0.15) is 0 Å². The summed E-state index contributed by atoms with van der Waals surface area (Å²) >= 11 is 5.15. The van der Waals surface area contributed by atoms with Crippen LogP contribution in [0.15, 0.2) is 47.6 Å². The number of anilines is 1. The molecule has 0 fully saturated rings. The molecule has 0 saturated carbocycles. The van der Waals surface area contributed by atoms with E-state index in [4.69, 9.17) is 12.2 Å². The van der Waals surface area contributed by atoms with Crippen LogP contribution in [0.3, 0.4) is 0 Å². The molecule has 0 aromatic heterocycles. The molecule has 0 aliphatic rings. The van der Waals surface area contributed by atoms with E-state index >= 15 is 0 Å². The van der Waals surface area contributed by atoms with E-state index in [1.54, 1.807) is 12.1 Å². The van der Waals surface area contributed by atoms with Gasteiger partial charge in [-0.15, -0.1) is 0 Å². The summed E-state index contributed by atoms with van der Waals surface area (Å²) in [5.41, 5.74) is 5.17. The minimum Gasteiger partial charge on any atom is -0.504 e. The number of hydrazone groups is 1. The zero-order chi connectivity index (χ0) is 16.8. The Morgan fingerprint density at radius 2 is 1.83 bits per heavy atom. The fraction of sp³-hybridized carbons (Fsp3) is 0.176. The van der Waals surface area contributed by atoms with Gasteiger partial charge in [-0.2, -0.15) is 5.10 Å². The van der Waals surface area contributed by atoms with Gasteiger partial charge in [0.05, 0.1) is 6.21 Å². The van der Waals surface area contributed by atoms with Crippen LogP contribution in [-0.4, -0.2) is 21.5 Å². The molecule has 0 spiro atoms. The lowest BCUT2D eigenvalue weighted by Gasteiger charge is -2.09. The molecule has 0 amide bonds. The monoisotopic (exact) mass is 329 g/mol. The molecule has 2 rings (SSSR count). The number of nitrogens with one attached hydrogen (secondary N) is 2. The van der Waals surface area contributed by atoms with Gasteiger partial charge in [0, 0.05) is 11.3 Å². The Bertz CT molecular complexity index is 712. The first-order valence-corrected chi connectivity index (χ1v) is 7.59. The highest BCUT2D eigenvalue weighted by Crippen LogP contribution is 2.26. The molecule has 0 heterocycles. The number of nitrogens with zero attached hydrogens (tertiary/aromatic N) is 1. The van der Waals surface area contributed by atoms with Crippen molar-refractivity contribution in [3.8, 4) is 11.5 Å². The third kappa shape index (κ3) is 4.69. The zero-order valence-corrected chi connectivity index (χ0v) is 13.8. The van der Waals surface area contributed by atoms with E-state index in [9.17, 15) is 10.2 Å². The molecule has 0 bridgehead atoms. The lowest BCUT2D eigenvalue weighted by Crippen LogP contribution is -2.23. The molecular formula is C17H19N3O2S. The highest BCUT2D eigenvalue weighted by molar-refractivity contribution is 7.80. The van der Waals surface area contributed by atoms with Crippen molar-refractivity contribution in [3.05, 3.63) is 53.6 Å². The quantitative estimate of drug-likeness (QED) is 0.299. The molecule has 6 heteroatoms. The second kappa shape index (κ2) is 7.60. The van der Waals surface area contributed by atoms with Crippen LogP contribution < -0.4 is 10.7 Å². The van der Waals surface area contributed by atoms with Crippen LogP contribution >= 0.6 is 12.2 Å². The molecule has 0 aliphatic carbocycles. The molecule has 2 aromatic rings. The first-order valence-electron chi connectivity index (χ1n) is 7.18. The van der Waals surface area contributed by atoms with Crippen molar-refractivity contribution in [1.29, 1.82) is 0 Å². The molecule has 0 radical (unpaired) electrons. The van der Waals surface area contributed by atoms with Crippen molar-refractivity contribution in [1.82, 2.24) is 5.43 Å². The van der Waals surface area contributed by atoms with E-state index in [-0.39, 0.29) is 11.5 Å². The Morgan fingerprint density at radius 3 is 2.48 bits per heavy atom. The van der Waals surface area contributed by atoms with Crippen molar-refractivity contribution < 1.29 is 10.2 Å². The van der Waals surface area contributed by atoms with Crippen molar-refractivity contribution >= 4 is 29.2 Å². The summed E-state index contributed by atoms with van der Waals surface area (Å²) in [7, 11) is 0. The van der Waals surface area contributed by atoms with E-state index in [2.05, 4.69) is 29.7 Å². The average Bonchev–Trinajstić information content (AvgIpc) is 2.52. The predicted octanol–water partition coefficient (Wildman–Crippen LogP) is 3.54. The molecule has 2 aromatic carbocycles. The Morgan fingerprint density at radius 1 is 1.13 bits per heavy atom. The summed E-state index contributed by atoms with van der Waals surface area (Å²) in [4.78, 5) is 0. The number of benzene rings is 2. The molecule has 23 heavy (non-hydrogen) atoms. The van der Waals surface area contributed by atoms with Crippen LogP contribution in [-0.2, 0) is 0 Å². The summed E-state index contributed by atoms with van der Waals surface area (Å²) < 4.78 is 0. The van der Waals surface area contributed by atoms with Gasteiger partial charge in [-0.3, -0.25) is 5.43 Å². The lowest BCUT2D eigenvalue weighted by atomic mass is 10.0. The van der Waals surface area contributed by atoms with Gasteiger partial charge in [0.2, 0.25) is 0 Å². The number of phenolic OH excluding ortho intramolecular Hbond substituents is 2. The van der Waals surface area contributed by atoms with E-state index in [1.165, 1.54) is 17.8 Å². The first-order chi connectivity index (χ1) is 11.0. The number of rotatable bonds is 4. The lowest BCUT2D eigenvalue weighted by molar-refractivity contribution is 0.403. The Hall–Kier alpha value is -2.60. The van der Waals surface area contributed by atoms with Crippen LogP contribution in [0.1, 0.15) is 30.9 Å². The van der Waals surface area contributed by atoms with Crippen molar-refractivity contribution in [2.45, 2.75) is 19.8 Å². The van der Waals surface area contributed by atoms with Crippen LogP contribution in [0.4, 0.5) is 5.69 Å². The van der Waals surface area contributed by atoms with Gasteiger partial charge in [0.25, 0.3) is 0 Å². The normalized spacial score (nSPS) is 10.9. The fourth-order valence-electron chi connectivity index (χ4n) is 1.92. The van der Waals surface area contributed by atoms with Crippen LogP contribution in [0, 0.1) is 0 Å². The highest BCUT2D eigenvalue weighted by atomic mass is 32.1. The predicted molar refractivity (Wildman–Crippen MR) is 97.3 cm³/mol. The standard InChI is InChI=1S/C17H19N3O2S/c1-11(2)12-6-8-14(9-7-12)19-17(23)20-18-10-13-4-3-5-15(21)16(13)22/h3-11,21-22H,1-2H3,(H2,19,20,23)/b18-10+. The Kier molecular flexibility index (Phi) is 5.54. The second-order valence-corrected chi connectivity index (χ2v) is 5.72. The zero-order valence-electron chi connectivity index (χ0n) is 12.9. The van der Waals surface area contributed by atoms with Crippen LogP contribution in [0.5, 0.6) is 11.5 Å². The van der Waals surface area contributed by atoms with E-state index in [0.717, 1.165) is 5.69 Å². The molecule has 4 N–H and O–H groups in total. The summed E-state index contributed by atoms with van der Waals surface area (Å²) in [5, 5.41) is 26.3. The summed E-state index contributed by atoms with van der Waals surface area (Å²) in [6.45, 7) is 4.28. The molecule has 0 unspecified atom stereocenters. The van der Waals surface area contributed by atoms with Crippen molar-refractivity contribution in [2.75, 3.05) is 5.32 Å². The molecule has 0 aliphatic heterocycles. The summed E-state index contributed by atoms with van der Waals surface area (Å²) in [6.07, 6.45) is 1.38. The van der Waals surface area contributed by atoms with Gasteiger partial charge in [0.15, 0.2) is 16.6 Å².